The van der Waals surface area contributed by atoms with Crippen molar-refractivity contribution in [2.45, 2.75) is 108 Å². The van der Waals surface area contributed by atoms with Gasteiger partial charge >= 0.3 is 5.96 Å². The first-order valence-electron chi connectivity index (χ1n) is 14.9. The zero-order chi connectivity index (χ0) is 31.2. The molecule has 0 aromatic carbocycles. The van der Waals surface area contributed by atoms with E-state index >= 15 is 0 Å². The zero-order valence-corrected chi connectivity index (χ0v) is 25.3. The van der Waals surface area contributed by atoms with Crippen LogP contribution in [0.1, 0.15) is 71.6 Å². The van der Waals surface area contributed by atoms with E-state index in [1.54, 1.807) is 7.05 Å². The van der Waals surface area contributed by atoms with Crippen molar-refractivity contribution >= 4 is 17.8 Å². The number of hydrogen-bond donors (Lipinski definition) is 12. The van der Waals surface area contributed by atoms with Crippen LogP contribution in [0.4, 0.5) is 0 Å². The van der Waals surface area contributed by atoms with Crippen LogP contribution in [0.5, 0.6) is 0 Å². The summed E-state index contributed by atoms with van der Waals surface area (Å²) >= 11 is 0. The van der Waals surface area contributed by atoms with Gasteiger partial charge in [0.1, 0.15) is 18.2 Å². The number of carbonyl (C=O) groups is 2. The highest BCUT2D eigenvalue weighted by Gasteiger charge is 2.28. The van der Waals surface area contributed by atoms with E-state index in [4.69, 9.17) is 17.2 Å². The fraction of sp³-hybridized carbons (Fsp3) is 0.889. The van der Waals surface area contributed by atoms with Crippen molar-refractivity contribution in [2.24, 2.45) is 23.1 Å². The summed E-state index contributed by atoms with van der Waals surface area (Å²) in [6.07, 6.45) is 1.53. The molecule has 0 aliphatic rings. The number of amides is 2. The maximum Gasteiger partial charge on any atom is 0.338 e. The Hall–Kier alpha value is -2.07. The van der Waals surface area contributed by atoms with Crippen molar-refractivity contribution in [3.05, 3.63) is 0 Å². The van der Waals surface area contributed by atoms with Crippen molar-refractivity contribution in [3.8, 4) is 0 Å². The molecule has 5 unspecified atom stereocenters. The second kappa shape index (κ2) is 23.5. The summed E-state index contributed by atoms with van der Waals surface area (Å²) < 4.78 is 0. The van der Waals surface area contributed by atoms with Gasteiger partial charge < -0.3 is 47.4 Å². The molecule has 15 N–H and O–H groups in total. The minimum absolute atomic E-state index is 0.0540. The molecular weight excluding hydrogens is 532 g/mol. The summed E-state index contributed by atoms with van der Waals surface area (Å²) in [7, 11) is 1.70. The van der Waals surface area contributed by atoms with Gasteiger partial charge in [0.25, 0.3) is 0 Å². The molecule has 0 saturated carbocycles. The number of guanidine groups is 1. The Morgan fingerprint density at radius 1 is 0.805 bits per heavy atom. The van der Waals surface area contributed by atoms with Gasteiger partial charge in [-0.1, -0.05) is 13.3 Å². The molecule has 242 valence electrons. The van der Waals surface area contributed by atoms with Crippen molar-refractivity contribution in [1.29, 1.82) is 0 Å². The van der Waals surface area contributed by atoms with Gasteiger partial charge in [-0.3, -0.25) is 26.0 Å². The number of rotatable bonds is 25. The molecule has 0 aliphatic heterocycles. The maximum absolute atomic E-state index is 13.0. The van der Waals surface area contributed by atoms with Crippen molar-refractivity contribution in [1.82, 2.24) is 21.3 Å². The lowest BCUT2D eigenvalue weighted by molar-refractivity contribution is -0.459. The molecule has 0 aliphatic carbocycles. The Balaban J connectivity index is 4.59. The molecule has 0 radical (unpaired) electrons. The van der Waals surface area contributed by atoms with Crippen LogP contribution in [-0.2, 0) is 9.59 Å². The molecule has 0 rings (SSSR count). The molecule has 2 amide bonds. The summed E-state index contributed by atoms with van der Waals surface area (Å²) in [5.74, 6) is 0.0568. The molecule has 7 atom stereocenters. The van der Waals surface area contributed by atoms with Crippen molar-refractivity contribution in [2.75, 3.05) is 39.8 Å². The first-order valence-corrected chi connectivity index (χ1v) is 14.9. The summed E-state index contributed by atoms with van der Waals surface area (Å²) in [5, 5.41) is 50.7. The number of aliphatic hydroxyl groups is 4. The molecule has 0 bridgehead atoms. The molecule has 41 heavy (non-hydrogen) atoms. The van der Waals surface area contributed by atoms with Gasteiger partial charge in [0.05, 0.1) is 24.8 Å². The van der Waals surface area contributed by atoms with E-state index in [9.17, 15) is 30.0 Å². The molecule has 14 nitrogen and oxygen atoms in total. The molecule has 0 fully saturated rings. The number of nitrogens with one attached hydrogen (secondary N) is 5. The third-order valence-corrected chi connectivity index (χ3v) is 7.01. The van der Waals surface area contributed by atoms with Gasteiger partial charge in [0.15, 0.2) is 0 Å². The van der Waals surface area contributed by atoms with Gasteiger partial charge in [0, 0.05) is 13.1 Å². The summed E-state index contributed by atoms with van der Waals surface area (Å²) in [5.41, 5.74) is 16.4. The van der Waals surface area contributed by atoms with E-state index in [1.165, 1.54) is 6.92 Å². The number of likely N-dealkylation sites (N-methyl/N-ethyl adjacent to an activating group) is 1. The number of nitrogens with two attached hydrogens (primary N) is 3. The Labute approximate surface area is 245 Å². The van der Waals surface area contributed by atoms with Crippen molar-refractivity contribution in [3.63, 3.8) is 0 Å². The first-order chi connectivity index (χ1) is 19.4. The molecule has 0 spiro atoms. The van der Waals surface area contributed by atoms with E-state index in [2.05, 4.69) is 33.2 Å². The average molecular weight is 592 g/mol. The van der Waals surface area contributed by atoms with E-state index in [0.29, 0.717) is 51.9 Å². The number of aliphatic hydroxyl groups excluding tert-OH is 4. The quantitative estimate of drug-likeness (QED) is 0.0275. The third-order valence-electron chi connectivity index (χ3n) is 7.01. The molecule has 0 saturated heterocycles. The van der Waals surface area contributed by atoms with Crippen LogP contribution >= 0.6 is 0 Å². The summed E-state index contributed by atoms with van der Waals surface area (Å²) in [4.78, 5) is 28.8. The van der Waals surface area contributed by atoms with Crippen LogP contribution in [0.25, 0.3) is 0 Å². The summed E-state index contributed by atoms with van der Waals surface area (Å²) in [6, 6.07) is -1.11. The highest BCUT2D eigenvalue weighted by Crippen LogP contribution is 2.08. The first kappa shape index (κ1) is 38.9. The van der Waals surface area contributed by atoms with Crippen LogP contribution in [0, 0.1) is 5.92 Å². The molecule has 0 heterocycles. The zero-order valence-electron chi connectivity index (χ0n) is 25.3. The highest BCUT2D eigenvalue weighted by molar-refractivity contribution is 5.89. The fourth-order valence-electron chi connectivity index (χ4n) is 4.27. The van der Waals surface area contributed by atoms with Gasteiger partial charge in [-0.2, -0.15) is 0 Å². The van der Waals surface area contributed by atoms with Crippen LogP contribution < -0.4 is 43.5 Å². The molecular formula is C27H59N8O6+. The SMILES string of the molecule is CNC(CCCCNCC(O)[C@@H](O)[C@@H](O)C(C)O)C(=O)NC(CCCCN)C(=O)NCC(C)CCCC[NH+]=C(N)N. The second-order valence-electron chi connectivity index (χ2n) is 10.9. The summed E-state index contributed by atoms with van der Waals surface area (Å²) in [6.45, 7) is 5.75. The van der Waals surface area contributed by atoms with Gasteiger partial charge in [-0.05, 0) is 84.3 Å². The minimum atomic E-state index is -1.46. The monoisotopic (exact) mass is 591 g/mol. The Morgan fingerprint density at radius 3 is 2.05 bits per heavy atom. The normalized spacial score (nSPS) is 16.6. The minimum Gasteiger partial charge on any atom is -0.391 e. The lowest BCUT2D eigenvalue weighted by Crippen LogP contribution is -2.78. The lowest BCUT2D eigenvalue weighted by atomic mass is 10.0. The van der Waals surface area contributed by atoms with Gasteiger partial charge in [-0.15, -0.1) is 0 Å². The number of hydrogen-bond acceptors (Lipinski definition) is 9. The van der Waals surface area contributed by atoms with E-state index in [-0.39, 0.29) is 30.2 Å². The van der Waals surface area contributed by atoms with Crippen LogP contribution in [0.3, 0.4) is 0 Å². The molecule has 14 heteroatoms. The highest BCUT2D eigenvalue weighted by atomic mass is 16.4. The topological polar surface area (TPSA) is 255 Å². The standard InChI is InChI=1S/C27H58N8O6/c1-18(10-5-9-15-33-27(29)30)16-34-25(40)21(12-4-7-13-28)35-26(41)20(31-3)11-6-8-14-32-17-22(37)24(39)23(38)19(2)36/h18-24,31-32,36-39H,4-17,28H2,1-3H3,(H,34,40)(H,35,41)(H4,29,30,33)/p+1/t18?,19?,20?,21?,22?,23-,24+/m0/s1. The second-order valence-corrected chi connectivity index (χ2v) is 10.9. The van der Waals surface area contributed by atoms with Crippen LogP contribution in [0.2, 0.25) is 0 Å². The third kappa shape index (κ3) is 18.9. The van der Waals surface area contributed by atoms with Gasteiger partial charge in [-0.25, -0.2) is 0 Å². The Bertz CT molecular complexity index is 726. The number of carbonyl (C=O) groups excluding carboxylic acids is 2. The predicted molar refractivity (Wildman–Crippen MR) is 159 cm³/mol. The van der Waals surface area contributed by atoms with Gasteiger partial charge in [0.2, 0.25) is 11.8 Å². The van der Waals surface area contributed by atoms with Crippen molar-refractivity contribution < 1.29 is 35.0 Å². The predicted octanol–water partition coefficient (Wildman–Crippen LogP) is -4.31. The Kier molecular flexibility index (Phi) is 22.3. The van der Waals surface area contributed by atoms with E-state index in [1.807, 2.05) is 0 Å². The number of unbranched alkanes of at least 4 members (excludes halogenated alkanes) is 3. The molecule has 0 aromatic heterocycles. The van der Waals surface area contributed by atoms with Crippen LogP contribution in [0.15, 0.2) is 0 Å². The Morgan fingerprint density at radius 2 is 1.44 bits per heavy atom. The maximum atomic E-state index is 13.0. The smallest absolute Gasteiger partial charge is 0.338 e. The lowest BCUT2D eigenvalue weighted by Gasteiger charge is -2.25. The fourth-order valence-corrected chi connectivity index (χ4v) is 4.27. The largest absolute Gasteiger partial charge is 0.391 e. The van der Waals surface area contributed by atoms with Crippen LogP contribution in [-0.4, -0.2) is 114 Å². The van der Waals surface area contributed by atoms with E-state index in [0.717, 1.165) is 32.1 Å². The molecule has 0 aromatic rings. The average Bonchev–Trinajstić information content (AvgIpc) is 2.93. The van der Waals surface area contributed by atoms with E-state index < -0.39 is 36.5 Å².